The minimum atomic E-state index is -0.645. The SMILES string of the molecule is CCCCn1c(N)c(N(CC(=O)Nc2cc(C(C)(C)C)no2)Cc2ccccc2)c(=O)[nH]c1=O. The predicted octanol–water partition coefficient (Wildman–Crippen LogP) is 2.85. The van der Waals surface area contributed by atoms with Gasteiger partial charge in [0.25, 0.3) is 5.56 Å². The lowest BCUT2D eigenvalue weighted by Gasteiger charge is -2.25. The molecule has 0 aliphatic heterocycles. The van der Waals surface area contributed by atoms with Crippen LogP contribution in [-0.4, -0.2) is 27.2 Å². The van der Waals surface area contributed by atoms with Gasteiger partial charge in [0.15, 0.2) is 0 Å². The van der Waals surface area contributed by atoms with E-state index in [4.69, 9.17) is 10.3 Å². The maximum atomic E-state index is 12.9. The highest BCUT2D eigenvalue weighted by molar-refractivity contribution is 5.93. The molecule has 2 aromatic heterocycles. The fourth-order valence-electron chi connectivity index (χ4n) is 3.48. The molecule has 0 unspecified atom stereocenters. The van der Waals surface area contributed by atoms with Crippen molar-refractivity contribution < 1.29 is 9.32 Å². The number of aromatic nitrogens is 3. The van der Waals surface area contributed by atoms with Gasteiger partial charge >= 0.3 is 5.69 Å². The van der Waals surface area contributed by atoms with Gasteiger partial charge in [0.05, 0.1) is 12.2 Å². The molecule has 0 bridgehead atoms. The fourth-order valence-corrected chi connectivity index (χ4v) is 3.48. The first kappa shape index (κ1) is 24.8. The molecule has 0 spiro atoms. The zero-order valence-corrected chi connectivity index (χ0v) is 20.1. The van der Waals surface area contributed by atoms with Crippen LogP contribution in [0.5, 0.6) is 0 Å². The lowest BCUT2D eigenvalue weighted by Crippen LogP contribution is -2.41. The number of carbonyl (C=O) groups is 1. The van der Waals surface area contributed by atoms with Crippen molar-refractivity contribution in [2.75, 3.05) is 22.5 Å². The van der Waals surface area contributed by atoms with E-state index in [1.165, 1.54) is 4.57 Å². The van der Waals surface area contributed by atoms with Gasteiger partial charge in [0.2, 0.25) is 11.8 Å². The Hall–Kier alpha value is -3.82. The highest BCUT2D eigenvalue weighted by Crippen LogP contribution is 2.24. The van der Waals surface area contributed by atoms with Gasteiger partial charge in [-0.15, -0.1) is 0 Å². The summed E-state index contributed by atoms with van der Waals surface area (Å²) in [5.41, 5.74) is 6.49. The number of benzene rings is 1. The average Bonchev–Trinajstić information content (AvgIpc) is 3.23. The van der Waals surface area contributed by atoms with Gasteiger partial charge in [0, 0.05) is 24.6 Å². The molecular formula is C24H32N6O4. The molecule has 0 aliphatic carbocycles. The van der Waals surface area contributed by atoms with Crippen molar-refractivity contribution in [2.24, 2.45) is 0 Å². The van der Waals surface area contributed by atoms with Crippen LogP contribution in [0.2, 0.25) is 0 Å². The Morgan fingerprint density at radius 1 is 1.24 bits per heavy atom. The Kier molecular flexibility index (Phi) is 7.60. The van der Waals surface area contributed by atoms with E-state index in [1.807, 2.05) is 58.0 Å². The van der Waals surface area contributed by atoms with Crippen LogP contribution in [0.15, 0.2) is 50.5 Å². The summed E-state index contributed by atoms with van der Waals surface area (Å²) in [4.78, 5) is 42.0. The molecule has 0 fully saturated rings. The number of nitrogens with zero attached hydrogens (tertiary/aromatic N) is 3. The standard InChI is InChI=1S/C24H32N6O4/c1-5-6-12-30-21(25)20(22(32)27-23(30)33)29(14-16-10-8-7-9-11-16)15-18(31)26-19-13-17(28-34-19)24(2,3)4/h7-11,13H,5-6,12,14-15,25H2,1-4H3,(H,26,31)(H,27,32,33). The third-order valence-electron chi connectivity index (χ3n) is 5.36. The van der Waals surface area contributed by atoms with E-state index in [1.54, 1.807) is 11.0 Å². The predicted molar refractivity (Wildman–Crippen MR) is 132 cm³/mol. The topological polar surface area (TPSA) is 139 Å². The zero-order chi connectivity index (χ0) is 24.9. The summed E-state index contributed by atoms with van der Waals surface area (Å²) in [6.07, 6.45) is 1.57. The number of hydrogen-bond acceptors (Lipinski definition) is 7. The average molecular weight is 469 g/mol. The molecule has 0 radical (unpaired) electrons. The minimum absolute atomic E-state index is 0.0283. The second-order valence-electron chi connectivity index (χ2n) is 9.21. The van der Waals surface area contributed by atoms with Crippen molar-refractivity contribution in [3.05, 3.63) is 68.5 Å². The maximum Gasteiger partial charge on any atom is 0.330 e. The summed E-state index contributed by atoms with van der Waals surface area (Å²) in [5, 5.41) is 6.70. The quantitative estimate of drug-likeness (QED) is 0.439. The molecule has 0 saturated heterocycles. The highest BCUT2D eigenvalue weighted by atomic mass is 16.5. The highest BCUT2D eigenvalue weighted by Gasteiger charge is 2.23. The van der Waals surface area contributed by atoms with Crippen molar-refractivity contribution in [2.45, 2.75) is 59.0 Å². The molecule has 0 aliphatic rings. The van der Waals surface area contributed by atoms with Crippen LogP contribution in [-0.2, 0) is 23.3 Å². The summed E-state index contributed by atoms with van der Waals surface area (Å²) in [6, 6.07) is 11.1. The maximum absolute atomic E-state index is 12.9. The molecule has 1 amide bonds. The summed E-state index contributed by atoms with van der Waals surface area (Å²) < 4.78 is 6.59. The van der Waals surface area contributed by atoms with Gasteiger partial charge in [-0.25, -0.2) is 4.79 Å². The Morgan fingerprint density at radius 2 is 1.94 bits per heavy atom. The molecule has 2 heterocycles. The Morgan fingerprint density at radius 3 is 2.56 bits per heavy atom. The van der Waals surface area contributed by atoms with Gasteiger partial charge in [-0.2, -0.15) is 0 Å². The number of amides is 1. The number of carbonyl (C=O) groups excluding carboxylic acids is 1. The number of unbranched alkanes of at least 4 members (excludes halogenated alkanes) is 1. The molecule has 10 nitrogen and oxygen atoms in total. The lowest BCUT2D eigenvalue weighted by atomic mass is 9.92. The van der Waals surface area contributed by atoms with Crippen molar-refractivity contribution in [1.29, 1.82) is 0 Å². The monoisotopic (exact) mass is 468 g/mol. The number of nitrogens with two attached hydrogens (primary N) is 1. The number of rotatable bonds is 9. The number of anilines is 3. The van der Waals surface area contributed by atoms with Gasteiger partial charge in [-0.3, -0.25) is 24.5 Å². The van der Waals surface area contributed by atoms with Crippen molar-refractivity contribution >= 4 is 23.3 Å². The van der Waals surface area contributed by atoms with Gasteiger partial charge in [0.1, 0.15) is 11.5 Å². The third-order valence-corrected chi connectivity index (χ3v) is 5.36. The fraction of sp³-hybridized carbons (Fsp3) is 0.417. The van der Waals surface area contributed by atoms with Crippen LogP contribution >= 0.6 is 0 Å². The van der Waals surface area contributed by atoms with Crippen LogP contribution in [0, 0.1) is 0 Å². The van der Waals surface area contributed by atoms with E-state index in [-0.39, 0.29) is 35.9 Å². The van der Waals surface area contributed by atoms with E-state index >= 15 is 0 Å². The molecular weight excluding hydrogens is 436 g/mol. The Labute approximate surface area is 197 Å². The van der Waals surface area contributed by atoms with Crippen molar-refractivity contribution in [3.63, 3.8) is 0 Å². The summed E-state index contributed by atoms with van der Waals surface area (Å²) >= 11 is 0. The summed E-state index contributed by atoms with van der Waals surface area (Å²) in [5.74, 6) is -0.178. The van der Waals surface area contributed by atoms with Crippen molar-refractivity contribution in [1.82, 2.24) is 14.7 Å². The zero-order valence-electron chi connectivity index (χ0n) is 20.1. The third kappa shape index (κ3) is 5.94. The first-order valence-electron chi connectivity index (χ1n) is 11.3. The smallest absolute Gasteiger partial charge is 0.330 e. The summed E-state index contributed by atoms with van der Waals surface area (Å²) in [6.45, 7) is 8.36. The number of aromatic amines is 1. The van der Waals surface area contributed by atoms with Crippen molar-refractivity contribution in [3.8, 4) is 0 Å². The van der Waals surface area contributed by atoms with Crippen LogP contribution < -0.4 is 27.2 Å². The number of nitrogen functional groups attached to an aromatic ring is 1. The molecule has 10 heteroatoms. The van der Waals surface area contributed by atoms with Gasteiger partial charge in [-0.1, -0.05) is 69.6 Å². The lowest BCUT2D eigenvalue weighted by molar-refractivity contribution is -0.115. The molecule has 34 heavy (non-hydrogen) atoms. The first-order chi connectivity index (χ1) is 16.1. The molecule has 1 aromatic carbocycles. The van der Waals surface area contributed by atoms with Gasteiger partial charge < -0.3 is 15.2 Å². The second kappa shape index (κ2) is 10.4. The molecule has 0 saturated carbocycles. The van der Waals surface area contributed by atoms with E-state index in [9.17, 15) is 14.4 Å². The van der Waals surface area contributed by atoms with Crippen LogP contribution in [0.4, 0.5) is 17.4 Å². The molecule has 3 aromatic rings. The van der Waals surface area contributed by atoms with Crippen LogP contribution in [0.25, 0.3) is 0 Å². The molecule has 4 N–H and O–H groups in total. The van der Waals surface area contributed by atoms with Gasteiger partial charge in [-0.05, 0) is 12.0 Å². The normalized spacial score (nSPS) is 11.4. The number of hydrogen-bond donors (Lipinski definition) is 3. The molecule has 0 atom stereocenters. The minimum Gasteiger partial charge on any atom is -0.383 e. The second-order valence-corrected chi connectivity index (χ2v) is 9.21. The molecule has 182 valence electrons. The van der Waals surface area contributed by atoms with Crippen LogP contribution in [0.1, 0.15) is 51.8 Å². The van der Waals surface area contributed by atoms with E-state index in [2.05, 4.69) is 15.5 Å². The Bertz CT molecular complexity index is 1240. The van der Waals surface area contributed by atoms with E-state index in [0.29, 0.717) is 12.2 Å². The van der Waals surface area contributed by atoms with Crippen LogP contribution in [0.3, 0.4) is 0 Å². The first-order valence-corrected chi connectivity index (χ1v) is 11.3. The van der Waals surface area contributed by atoms with E-state index < -0.39 is 17.2 Å². The van der Waals surface area contributed by atoms with E-state index in [0.717, 1.165) is 18.4 Å². The Balaban J connectivity index is 1.93. The molecule has 3 rings (SSSR count). The largest absolute Gasteiger partial charge is 0.383 e. The summed E-state index contributed by atoms with van der Waals surface area (Å²) in [7, 11) is 0. The number of H-pyrrole nitrogens is 1. The number of nitrogens with one attached hydrogen (secondary N) is 2.